The first kappa shape index (κ1) is 13.5. The molecule has 16 heavy (non-hydrogen) atoms. The SMILES string of the molecule is CCCCCCC/C=C/C=C/C1OCCO1. The third kappa shape index (κ3) is 6.81. The zero-order valence-corrected chi connectivity index (χ0v) is 10.4. The van der Waals surface area contributed by atoms with Gasteiger partial charge in [-0.05, 0) is 18.9 Å². The lowest BCUT2D eigenvalue weighted by atomic mass is 10.1. The van der Waals surface area contributed by atoms with E-state index in [-0.39, 0.29) is 6.29 Å². The van der Waals surface area contributed by atoms with Gasteiger partial charge >= 0.3 is 0 Å². The van der Waals surface area contributed by atoms with Crippen LogP contribution in [-0.2, 0) is 9.47 Å². The zero-order chi connectivity index (χ0) is 11.5. The number of unbranched alkanes of at least 4 members (excludes halogenated alkanes) is 5. The number of hydrogen-bond donors (Lipinski definition) is 0. The summed E-state index contributed by atoms with van der Waals surface area (Å²) in [6.07, 6.45) is 16.1. The molecule has 2 nitrogen and oxygen atoms in total. The van der Waals surface area contributed by atoms with Crippen LogP contribution in [0.15, 0.2) is 24.3 Å². The summed E-state index contributed by atoms with van der Waals surface area (Å²) >= 11 is 0. The zero-order valence-electron chi connectivity index (χ0n) is 10.4. The van der Waals surface area contributed by atoms with Gasteiger partial charge in [0.2, 0.25) is 0 Å². The second kappa shape index (κ2) is 9.61. The predicted molar refractivity (Wildman–Crippen MR) is 67.3 cm³/mol. The van der Waals surface area contributed by atoms with Crippen molar-refractivity contribution in [1.82, 2.24) is 0 Å². The highest BCUT2D eigenvalue weighted by atomic mass is 16.7. The van der Waals surface area contributed by atoms with E-state index in [1.807, 2.05) is 12.2 Å². The Morgan fingerprint density at radius 3 is 2.50 bits per heavy atom. The maximum absolute atomic E-state index is 5.28. The average molecular weight is 224 g/mol. The molecule has 0 radical (unpaired) electrons. The minimum absolute atomic E-state index is 0.116. The maximum Gasteiger partial charge on any atom is 0.177 e. The van der Waals surface area contributed by atoms with E-state index in [2.05, 4.69) is 19.1 Å². The minimum Gasteiger partial charge on any atom is -0.347 e. The molecule has 2 heteroatoms. The summed E-state index contributed by atoms with van der Waals surface area (Å²) in [5.41, 5.74) is 0. The molecule has 0 saturated carbocycles. The molecule has 0 aromatic heterocycles. The number of hydrogen-bond acceptors (Lipinski definition) is 2. The van der Waals surface area contributed by atoms with Crippen LogP contribution in [0.25, 0.3) is 0 Å². The molecule has 0 bridgehead atoms. The van der Waals surface area contributed by atoms with Crippen LogP contribution < -0.4 is 0 Å². The van der Waals surface area contributed by atoms with Crippen LogP contribution in [0.3, 0.4) is 0 Å². The first-order valence-corrected chi connectivity index (χ1v) is 6.50. The third-order valence-corrected chi connectivity index (χ3v) is 2.64. The molecule has 1 fully saturated rings. The summed E-state index contributed by atoms with van der Waals surface area (Å²) in [7, 11) is 0. The maximum atomic E-state index is 5.28. The van der Waals surface area contributed by atoms with Gasteiger partial charge in [0.05, 0.1) is 13.2 Å². The van der Waals surface area contributed by atoms with E-state index in [1.54, 1.807) is 0 Å². The topological polar surface area (TPSA) is 18.5 Å². The predicted octanol–water partition coefficient (Wildman–Crippen LogP) is 3.83. The monoisotopic (exact) mass is 224 g/mol. The van der Waals surface area contributed by atoms with Crippen molar-refractivity contribution in [2.24, 2.45) is 0 Å². The van der Waals surface area contributed by atoms with Crippen LogP contribution in [0.4, 0.5) is 0 Å². The Kier molecular flexibility index (Phi) is 8.09. The Morgan fingerprint density at radius 1 is 1.00 bits per heavy atom. The van der Waals surface area contributed by atoms with Crippen molar-refractivity contribution in [3.05, 3.63) is 24.3 Å². The molecular weight excluding hydrogens is 200 g/mol. The van der Waals surface area contributed by atoms with Crippen LogP contribution in [0.5, 0.6) is 0 Å². The molecule has 1 saturated heterocycles. The molecular formula is C14H24O2. The van der Waals surface area contributed by atoms with Crippen LogP contribution in [0, 0.1) is 0 Å². The first-order chi connectivity index (χ1) is 7.93. The van der Waals surface area contributed by atoms with Gasteiger partial charge in [0.15, 0.2) is 6.29 Å². The lowest BCUT2D eigenvalue weighted by Gasteiger charge is -1.99. The van der Waals surface area contributed by atoms with E-state index < -0.39 is 0 Å². The lowest BCUT2D eigenvalue weighted by molar-refractivity contribution is -0.00152. The van der Waals surface area contributed by atoms with Crippen LogP contribution in [0.1, 0.15) is 45.4 Å². The van der Waals surface area contributed by atoms with Crippen LogP contribution >= 0.6 is 0 Å². The van der Waals surface area contributed by atoms with E-state index in [9.17, 15) is 0 Å². The second-order valence-corrected chi connectivity index (χ2v) is 4.13. The Bertz CT molecular complexity index is 203. The fourth-order valence-corrected chi connectivity index (χ4v) is 1.68. The van der Waals surface area contributed by atoms with E-state index in [0.717, 1.165) is 13.2 Å². The minimum atomic E-state index is -0.116. The summed E-state index contributed by atoms with van der Waals surface area (Å²) in [6, 6.07) is 0. The van der Waals surface area contributed by atoms with Crippen molar-refractivity contribution in [3.63, 3.8) is 0 Å². The molecule has 0 aromatic carbocycles. The Balaban J connectivity index is 1.91. The molecule has 0 unspecified atom stereocenters. The average Bonchev–Trinajstić information content (AvgIpc) is 2.80. The molecule has 1 aliphatic rings. The molecule has 1 rings (SSSR count). The van der Waals surface area contributed by atoms with Gasteiger partial charge in [-0.2, -0.15) is 0 Å². The van der Waals surface area contributed by atoms with Gasteiger partial charge in [0.1, 0.15) is 0 Å². The third-order valence-electron chi connectivity index (χ3n) is 2.64. The Hall–Kier alpha value is -0.600. The van der Waals surface area contributed by atoms with Crippen molar-refractivity contribution in [2.45, 2.75) is 51.7 Å². The van der Waals surface area contributed by atoms with Crippen molar-refractivity contribution in [3.8, 4) is 0 Å². The molecule has 0 atom stereocenters. The fraction of sp³-hybridized carbons (Fsp3) is 0.714. The van der Waals surface area contributed by atoms with Gasteiger partial charge in [0, 0.05) is 0 Å². The van der Waals surface area contributed by atoms with E-state index in [1.165, 1.54) is 38.5 Å². The van der Waals surface area contributed by atoms with Crippen LogP contribution in [-0.4, -0.2) is 19.5 Å². The molecule has 0 spiro atoms. The highest BCUT2D eigenvalue weighted by Crippen LogP contribution is 2.06. The summed E-state index contributed by atoms with van der Waals surface area (Å²) in [4.78, 5) is 0. The molecule has 0 aromatic rings. The Labute approximate surface area is 99.3 Å². The van der Waals surface area contributed by atoms with Crippen molar-refractivity contribution in [2.75, 3.05) is 13.2 Å². The largest absolute Gasteiger partial charge is 0.347 e. The van der Waals surface area contributed by atoms with E-state index in [0.29, 0.717) is 0 Å². The van der Waals surface area contributed by atoms with Gasteiger partial charge in [-0.25, -0.2) is 0 Å². The number of ether oxygens (including phenoxy) is 2. The van der Waals surface area contributed by atoms with Gasteiger partial charge in [-0.15, -0.1) is 0 Å². The molecule has 0 N–H and O–H groups in total. The second-order valence-electron chi connectivity index (χ2n) is 4.13. The van der Waals surface area contributed by atoms with E-state index in [4.69, 9.17) is 9.47 Å². The molecule has 1 heterocycles. The van der Waals surface area contributed by atoms with Crippen molar-refractivity contribution in [1.29, 1.82) is 0 Å². The summed E-state index contributed by atoms with van der Waals surface area (Å²) < 4.78 is 10.6. The van der Waals surface area contributed by atoms with E-state index >= 15 is 0 Å². The van der Waals surface area contributed by atoms with Gasteiger partial charge in [0.25, 0.3) is 0 Å². The van der Waals surface area contributed by atoms with Gasteiger partial charge in [-0.3, -0.25) is 0 Å². The Morgan fingerprint density at radius 2 is 1.75 bits per heavy atom. The van der Waals surface area contributed by atoms with Crippen LogP contribution in [0.2, 0.25) is 0 Å². The highest BCUT2D eigenvalue weighted by Gasteiger charge is 2.10. The fourth-order valence-electron chi connectivity index (χ4n) is 1.68. The summed E-state index contributed by atoms with van der Waals surface area (Å²) in [6.45, 7) is 3.68. The number of rotatable bonds is 8. The molecule has 0 aliphatic carbocycles. The highest BCUT2D eigenvalue weighted by molar-refractivity contribution is 5.03. The quantitative estimate of drug-likeness (QED) is 0.461. The van der Waals surface area contributed by atoms with Gasteiger partial charge < -0.3 is 9.47 Å². The molecule has 1 aliphatic heterocycles. The smallest absolute Gasteiger partial charge is 0.177 e. The van der Waals surface area contributed by atoms with Gasteiger partial charge in [-0.1, -0.05) is 50.8 Å². The van der Waals surface area contributed by atoms with Crippen molar-refractivity contribution < 1.29 is 9.47 Å². The first-order valence-electron chi connectivity index (χ1n) is 6.50. The summed E-state index contributed by atoms with van der Waals surface area (Å²) in [5.74, 6) is 0. The number of allylic oxidation sites excluding steroid dienone is 3. The normalized spacial score (nSPS) is 18.1. The summed E-state index contributed by atoms with van der Waals surface area (Å²) in [5, 5.41) is 0. The van der Waals surface area contributed by atoms with Crippen molar-refractivity contribution >= 4 is 0 Å². The standard InChI is InChI=1S/C14H24O2/c1-2-3-4-5-6-7-8-9-10-11-14-15-12-13-16-14/h8-11,14H,2-7,12-13H2,1H3/b9-8+,11-10+. The molecule has 0 amide bonds. The molecule has 92 valence electrons. The lowest BCUT2D eigenvalue weighted by Crippen LogP contribution is -2.01.